The fourth-order valence-electron chi connectivity index (χ4n) is 2.11. The third kappa shape index (κ3) is 3.97. The van der Waals surface area contributed by atoms with Gasteiger partial charge < -0.3 is 5.32 Å². The molecule has 0 fully saturated rings. The lowest BCUT2D eigenvalue weighted by Gasteiger charge is -2.14. The molecule has 3 rings (SSSR count). The van der Waals surface area contributed by atoms with Crippen LogP contribution in [0.15, 0.2) is 64.4 Å². The molecule has 3 aromatic rings. The van der Waals surface area contributed by atoms with Crippen LogP contribution in [0.2, 0.25) is 0 Å². The molecule has 0 spiro atoms. The molecule has 0 aliphatic rings. The minimum absolute atomic E-state index is 0.0476. The van der Waals surface area contributed by atoms with Crippen molar-refractivity contribution in [1.82, 2.24) is 10.2 Å². The molecular formula is C17H15N3OS2. The maximum Gasteiger partial charge on any atom is 0.237 e. The summed E-state index contributed by atoms with van der Waals surface area (Å²) in [5.41, 5.74) is 4.56. The SMILES string of the molecule is CC(Sc1nncs1)C(=O)Nc1ccccc1-c1ccccc1. The highest BCUT2D eigenvalue weighted by Crippen LogP contribution is 2.29. The van der Waals surface area contributed by atoms with E-state index in [4.69, 9.17) is 0 Å². The van der Waals surface area contributed by atoms with Gasteiger partial charge in [0.25, 0.3) is 0 Å². The summed E-state index contributed by atoms with van der Waals surface area (Å²) in [7, 11) is 0. The highest BCUT2D eigenvalue weighted by Gasteiger charge is 2.17. The van der Waals surface area contributed by atoms with E-state index >= 15 is 0 Å². The quantitative estimate of drug-likeness (QED) is 0.702. The second kappa shape index (κ2) is 7.39. The van der Waals surface area contributed by atoms with Gasteiger partial charge in [0.1, 0.15) is 5.51 Å². The number of hydrogen-bond donors (Lipinski definition) is 1. The number of benzene rings is 2. The number of amides is 1. The van der Waals surface area contributed by atoms with Gasteiger partial charge in [0.05, 0.1) is 5.25 Å². The van der Waals surface area contributed by atoms with Gasteiger partial charge in [-0.25, -0.2) is 0 Å². The van der Waals surface area contributed by atoms with Crippen molar-refractivity contribution in [3.8, 4) is 11.1 Å². The van der Waals surface area contributed by atoms with Crippen LogP contribution in [0.1, 0.15) is 6.92 Å². The van der Waals surface area contributed by atoms with Crippen LogP contribution in [0.3, 0.4) is 0 Å². The molecule has 1 amide bonds. The van der Waals surface area contributed by atoms with Gasteiger partial charge in [0, 0.05) is 11.3 Å². The van der Waals surface area contributed by atoms with Crippen LogP contribution >= 0.6 is 23.1 Å². The summed E-state index contributed by atoms with van der Waals surface area (Å²) in [6.07, 6.45) is 0. The molecule has 0 aliphatic carbocycles. The number of carbonyl (C=O) groups excluding carboxylic acids is 1. The zero-order valence-electron chi connectivity index (χ0n) is 12.5. The van der Waals surface area contributed by atoms with Gasteiger partial charge in [-0.3, -0.25) is 4.79 Å². The second-order valence-electron chi connectivity index (χ2n) is 4.87. The number of rotatable bonds is 5. The number of thioether (sulfide) groups is 1. The lowest BCUT2D eigenvalue weighted by molar-refractivity contribution is -0.115. The Kier molecular flexibility index (Phi) is 5.05. The van der Waals surface area contributed by atoms with Crippen molar-refractivity contribution in [3.05, 3.63) is 60.1 Å². The van der Waals surface area contributed by atoms with E-state index in [1.807, 2.05) is 61.5 Å². The molecular weight excluding hydrogens is 326 g/mol. The topological polar surface area (TPSA) is 54.9 Å². The summed E-state index contributed by atoms with van der Waals surface area (Å²) in [5.74, 6) is -0.0476. The van der Waals surface area contributed by atoms with Crippen molar-refractivity contribution >= 4 is 34.7 Å². The second-order valence-corrected chi connectivity index (χ2v) is 7.29. The maximum atomic E-state index is 12.4. The normalized spacial score (nSPS) is 11.9. The Hall–Kier alpha value is -2.18. The average molecular weight is 341 g/mol. The van der Waals surface area contributed by atoms with Crippen molar-refractivity contribution < 1.29 is 4.79 Å². The van der Waals surface area contributed by atoms with Crippen molar-refractivity contribution in [2.45, 2.75) is 16.5 Å². The lowest BCUT2D eigenvalue weighted by Crippen LogP contribution is -2.22. The van der Waals surface area contributed by atoms with Gasteiger partial charge in [-0.1, -0.05) is 71.6 Å². The molecule has 1 aromatic heterocycles. The summed E-state index contributed by atoms with van der Waals surface area (Å²) < 4.78 is 0.795. The van der Waals surface area contributed by atoms with Gasteiger partial charge in [0.15, 0.2) is 4.34 Å². The number of hydrogen-bond acceptors (Lipinski definition) is 5. The van der Waals surface area contributed by atoms with Crippen molar-refractivity contribution in [2.75, 3.05) is 5.32 Å². The van der Waals surface area contributed by atoms with Crippen LogP contribution in [-0.4, -0.2) is 21.4 Å². The minimum Gasteiger partial charge on any atom is -0.325 e. The Bertz CT molecular complexity index is 776. The molecule has 1 atom stereocenters. The van der Waals surface area contributed by atoms with E-state index in [-0.39, 0.29) is 11.2 Å². The predicted molar refractivity (Wildman–Crippen MR) is 95.7 cm³/mol. The Morgan fingerprint density at radius 3 is 2.61 bits per heavy atom. The first-order chi connectivity index (χ1) is 11.2. The Morgan fingerprint density at radius 1 is 1.13 bits per heavy atom. The van der Waals surface area contributed by atoms with Crippen molar-refractivity contribution in [2.24, 2.45) is 0 Å². The zero-order chi connectivity index (χ0) is 16.1. The monoisotopic (exact) mass is 341 g/mol. The molecule has 4 nitrogen and oxygen atoms in total. The molecule has 2 aromatic carbocycles. The van der Waals surface area contributed by atoms with Crippen LogP contribution in [0.4, 0.5) is 5.69 Å². The van der Waals surface area contributed by atoms with E-state index < -0.39 is 0 Å². The van der Waals surface area contributed by atoms with Crippen molar-refractivity contribution in [3.63, 3.8) is 0 Å². The van der Waals surface area contributed by atoms with E-state index in [0.717, 1.165) is 21.2 Å². The third-order valence-electron chi connectivity index (χ3n) is 3.26. The summed E-state index contributed by atoms with van der Waals surface area (Å²) in [6.45, 7) is 1.87. The molecule has 116 valence electrons. The molecule has 0 saturated carbocycles. The molecule has 1 N–H and O–H groups in total. The van der Waals surface area contributed by atoms with Crippen LogP contribution in [0.25, 0.3) is 11.1 Å². The Morgan fingerprint density at radius 2 is 1.87 bits per heavy atom. The first-order valence-electron chi connectivity index (χ1n) is 7.12. The number of nitrogens with one attached hydrogen (secondary N) is 1. The number of carbonyl (C=O) groups is 1. The first-order valence-corrected chi connectivity index (χ1v) is 8.88. The highest BCUT2D eigenvalue weighted by atomic mass is 32.2. The van der Waals surface area contributed by atoms with Gasteiger partial charge >= 0.3 is 0 Å². The number of aromatic nitrogens is 2. The van der Waals surface area contributed by atoms with Crippen LogP contribution in [-0.2, 0) is 4.79 Å². The van der Waals surface area contributed by atoms with Gasteiger partial charge in [-0.15, -0.1) is 10.2 Å². The lowest BCUT2D eigenvalue weighted by atomic mass is 10.0. The van der Waals surface area contributed by atoms with Gasteiger partial charge in [-0.2, -0.15) is 0 Å². The summed E-state index contributed by atoms with van der Waals surface area (Å²) in [6, 6.07) is 17.8. The van der Waals surface area contributed by atoms with E-state index in [2.05, 4.69) is 15.5 Å². The zero-order valence-corrected chi connectivity index (χ0v) is 14.1. The molecule has 0 radical (unpaired) electrons. The predicted octanol–water partition coefficient (Wildman–Crippen LogP) is 4.32. The van der Waals surface area contributed by atoms with Crippen LogP contribution in [0.5, 0.6) is 0 Å². The van der Waals surface area contributed by atoms with E-state index in [1.54, 1.807) is 5.51 Å². The summed E-state index contributed by atoms with van der Waals surface area (Å²) in [4.78, 5) is 12.4. The van der Waals surface area contributed by atoms with Gasteiger partial charge in [0.2, 0.25) is 5.91 Å². The highest BCUT2D eigenvalue weighted by molar-refractivity contribution is 8.02. The number of para-hydroxylation sites is 1. The Labute approximate surface area is 143 Å². The fourth-order valence-corrected chi connectivity index (χ4v) is 3.74. The van der Waals surface area contributed by atoms with Crippen LogP contribution < -0.4 is 5.32 Å². The van der Waals surface area contributed by atoms with Crippen molar-refractivity contribution in [1.29, 1.82) is 0 Å². The molecule has 0 bridgehead atoms. The fraction of sp³-hybridized carbons (Fsp3) is 0.118. The van der Waals surface area contributed by atoms with E-state index in [9.17, 15) is 4.79 Å². The first kappa shape index (κ1) is 15.7. The van der Waals surface area contributed by atoms with Gasteiger partial charge in [-0.05, 0) is 18.6 Å². The standard InChI is InChI=1S/C17H15N3OS2/c1-12(23-17-20-18-11-22-17)16(21)19-15-10-6-5-9-14(15)13-7-3-2-4-8-13/h2-12H,1H3,(H,19,21). The summed E-state index contributed by atoms with van der Waals surface area (Å²) >= 11 is 2.85. The molecule has 6 heteroatoms. The minimum atomic E-state index is -0.244. The molecule has 0 saturated heterocycles. The Balaban J connectivity index is 1.76. The molecule has 1 unspecified atom stereocenters. The number of anilines is 1. The third-order valence-corrected chi connectivity index (χ3v) is 5.17. The van der Waals surface area contributed by atoms with E-state index in [0.29, 0.717) is 0 Å². The molecule has 23 heavy (non-hydrogen) atoms. The largest absolute Gasteiger partial charge is 0.325 e. The maximum absolute atomic E-state index is 12.4. The van der Waals surface area contributed by atoms with Crippen LogP contribution in [0, 0.1) is 0 Å². The average Bonchev–Trinajstić information content (AvgIpc) is 3.09. The van der Waals surface area contributed by atoms with E-state index in [1.165, 1.54) is 23.1 Å². The molecule has 0 aliphatic heterocycles. The molecule has 1 heterocycles. The summed E-state index contributed by atoms with van der Waals surface area (Å²) in [5, 5.41) is 10.5. The smallest absolute Gasteiger partial charge is 0.237 e. The number of nitrogens with zero attached hydrogens (tertiary/aromatic N) is 2.